The standard InChI is InChI=1S/C33H22Cl2N4O/c1-20-27-28-29(30(21-8-4-2-5-9-21)36-32(27)39(37-20)26-10-6-3-7-11-26)33(40)38(25-18-16-24(35)17-19-25)31(28)22-12-14-23(34)15-13-22/h2-19,31H,1H3. The summed E-state index contributed by atoms with van der Waals surface area (Å²) in [4.78, 5) is 21.5. The molecular formula is C33H22Cl2N4O. The van der Waals surface area contributed by atoms with Crippen LogP contribution in [-0.4, -0.2) is 20.7 Å². The van der Waals surface area contributed by atoms with Gasteiger partial charge in [0.2, 0.25) is 0 Å². The van der Waals surface area contributed by atoms with E-state index < -0.39 is 6.04 Å². The van der Waals surface area contributed by atoms with Gasteiger partial charge in [0.05, 0.1) is 28.7 Å². The summed E-state index contributed by atoms with van der Waals surface area (Å²) in [5.74, 6) is -0.127. The normalized spacial score (nSPS) is 14.6. The highest BCUT2D eigenvalue weighted by Gasteiger charge is 2.44. The van der Waals surface area contributed by atoms with Crippen molar-refractivity contribution in [3.05, 3.63) is 142 Å². The van der Waals surface area contributed by atoms with Crippen LogP contribution >= 0.6 is 23.2 Å². The molecule has 6 aromatic rings. The van der Waals surface area contributed by atoms with Gasteiger partial charge in [-0.2, -0.15) is 5.10 Å². The Labute approximate surface area is 241 Å². The largest absolute Gasteiger partial charge is 0.297 e. The van der Waals surface area contributed by atoms with Gasteiger partial charge in [0, 0.05) is 32.2 Å². The molecule has 0 aliphatic carbocycles. The van der Waals surface area contributed by atoms with Gasteiger partial charge in [-0.3, -0.25) is 9.69 Å². The zero-order chi connectivity index (χ0) is 27.4. The molecule has 7 heteroatoms. The molecule has 1 atom stereocenters. The smallest absolute Gasteiger partial charge is 0.261 e. The van der Waals surface area contributed by atoms with E-state index in [0.717, 1.165) is 39.1 Å². The first-order chi connectivity index (χ1) is 19.5. The second-order valence-electron chi connectivity index (χ2n) is 9.75. The van der Waals surface area contributed by atoms with Crippen molar-refractivity contribution >= 4 is 45.8 Å². The van der Waals surface area contributed by atoms with Crippen molar-refractivity contribution in [3.63, 3.8) is 0 Å². The Balaban J connectivity index is 1.61. The monoisotopic (exact) mass is 560 g/mol. The summed E-state index contributed by atoms with van der Waals surface area (Å²) < 4.78 is 1.87. The van der Waals surface area contributed by atoms with E-state index in [4.69, 9.17) is 33.3 Å². The van der Waals surface area contributed by atoms with Gasteiger partial charge in [-0.15, -0.1) is 0 Å². The van der Waals surface area contributed by atoms with Gasteiger partial charge in [0.15, 0.2) is 5.65 Å². The molecule has 0 spiro atoms. The zero-order valence-electron chi connectivity index (χ0n) is 21.4. The number of aryl methyl sites for hydroxylation is 1. The third-order valence-electron chi connectivity index (χ3n) is 7.33. The Hall–Kier alpha value is -4.45. The molecule has 4 aromatic carbocycles. The molecule has 3 heterocycles. The molecular weight excluding hydrogens is 539 g/mol. The molecule has 1 amide bonds. The van der Waals surface area contributed by atoms with E-state index >= 15 is 0 Å². The summed E-state index contributed by atoms with van der Waals surface area (Å²) in [7, 11) is 0. The Morgan fingerprint density at radius 3 is 1.98 bits per heavy atom. The summed E-state index contributed by atoms with van der Waals surface area (Å²) >= 11 is 12.5. The second-order valence-corrected chi connectivity index (χ2v) is 10.6. The summed E-state index contributed by atoms with van der Waals surface area (Å²) in [6.07, 6.45) is 0. The number of rotatable bonds is 4. The fraction of sp³-hybridized carbons (Fsp3) is 0.0606. The summed E-state index contributed by atoms with van der Waals surface area (Å²) in [6.45, 7) is 1.97. The number of carbonyl (C=O) groups excluding carboxylic acids is 1. The van der Waals surface area contributed by atoms with Gasteiger partial charge in [0.25, 0.3) is 5.91 Å². The highest BCUT2D eigenvalue weighted by atomic mass is 35.5. The van der Waals surface area contributed by atoms with E-state index in [1.807, 2.05) is 114 Å². The molecule has 2 aromatic heterocycles. The molecule has 194 valence electrons. The van der Waals surface area contributed by atoms with E-state index in [1.165, 1.54) is 0 Å². The molecule has 1 aliphatic rings. The first-order valence-corrected chi connectivity index (χ1v) is 13.7. The average Bonchev–Trinajstić information content (AvgIpc) is 3.48. The van der Waals surface area contributed by atoms with Crippen LogP contribution in [0.5, 0.6) is 0 Å². The van der Waals surface area contributed by atoms with Crippen LogP contribution in [-0.2, 0) is 0 Å². The summed E-state index contributed by atoms with van der Waals surface area (Å²) in [5, 5.41) is 7.03. The van der Waals surface area contributed by atoms with Gasteiger partial charge in [-0.1, -0.05) is 83.9 Å². The number of pyridine rings is 1. The van der Waals surface area contributed by atoms with Crippen molar-refractivity contribution in [1.29, 1.82) is 0 Å². The average molecular weight is 561 g/mol. The molecule has 7 rings (SSSR count). The highest BCUT2D eigenvalue weighted by Crippen LogP contribution is 2.48. The van der Waals surface area contributed by atoms with E-state index in [0.29, 0.717) is 26.9 Å². The van der Waals surface area contributed by atoms with Crippen molar-refractivity contribution in [1.82, 2.24) is 14.8 Å². The number of hydrogen-bond donors (Lipinski definition) is 0. The van der Waals surface area contributed by atoms with Crippen LogP contribution < -0.4 is 4.90 Å². The number of halogens is 2. The quantitative estimate of drug-likeness (QED) is 0.217. The van der Waals surface area contributed by atoms with Gasteiger partial charge >= 0.3 is 0 Å². The van der Waals surface area contributed by atoms with E-state index in [1.54, 1.807) is 12.1 Å². The van der Waals surface area contributed by atoms with E-state index in [2.05, 4.69) is 0 Å². The molecule has 40 heavy (non-hydrogen) atoms. The minimum Gasteiger partial charge on any atom is -0.297 e. The minimum atomic E-state index is -0.430. The number of benzene rings is 4. The first-order valence-electron chi connectivity index (χ1n) is 12.9. The third kappa shape index (κ3) is 3.89. The van der Waals surface area contributed by atoms with Crippen molar-refractivity contribution in [3.8, 4) is 16.9 Å². The molecule has 0 saturated heterocycles. The number of para-hydroxylation sites is 1. The van der Waals surface area contributed by atoms with Crippen molar-refractivity contribution in [2.45, 2.75) is 13.0 Å². The van der Waals surface area contributed by atoms with Crippen LogP contribution in [0.4, 0.5) is 5.69 Å². The molecule has 5 nitrogen and oxygen atoms in total. The number of amides is 1. The fourth-order valence-electron chi connectivity index (χ4n) is 5.59. The van der Waals surface area contributed by atoms with Gasteiger partial charge in [-0.05, 0) is 61.0 Å². The van der Waals surface area contributed by atoms with Crippen molar-refractivity contribution in [2.24, 2.45) is 0 Å². The van der Waals surface area contributed by atoms with E-state index in [9.17, 15) is 4.79 Å². The lowest BCUT2D eigenvalue weighted by molar-refractivity contribution is 0.0994. The van der Waals surface area contributed by atoms with Crippen LogP contribution in [0, 0.1) is 6.92 Å². The van der Waals surface area contributed by atoms with Crippen LogP contribution in [0.25, 0.3) is 28.0 Å². The molecule has 1 unspecified atom stereocenters. The van der Waals surface area contributed by atoms with Crippen LogP contribution in [0.1, 0.15) is 33.2 Å². The molecule has 1 aliphatic heterocycles. The number of nitrogens with zero attached hydrogens (tertiary/aromatic N) is 4. The zero-order valence-corrected chi connectivity index (χ0v) is 22.9. The third-order valence-corrected chi connectivity index (χ3v) is 7.84. The van der Waals surface area contributed by atoms with Crippen LogP contribution in [0.2, 0.25) is 10.0 Å². The highest BCUT2D eigenvalue weighted by molar-refractivity contribution is 6.31. The fourth-order valence-corrected chi connectivity index (χ4v) is 5.84. The lowest BCUT2D eigenvalue weighted by Gasteiger charge is -2.26. The lowest BCUT2D eigenvalue weighted by Crippen LogP contribution is -2.28. The van der Waals surface area contributed by atoms with E-state index in [-0.39, 0.29) is 5.91 Å². The Kier molecular flexibility index (Phi) is 5.92. The summed E-state index contributed by atoms with van der Waals surface area (Å²) in [6, 6.07) is 34.4. The topological polar surface area (TPSA) is 51.0 Å². The van der Waals surface area contributed by atoms with Gasteiger partial charge < -0.3 is 0 Å². The number of carbonyl (C=O) groups is 1. The van der Waals surface area contributed by atoms with Crippen molar-refractivity contribution < 1.29 is 4.79 Å². The summed E-state index contributed by atoms with van der Waals surface area (Å²) in [5.41, 5.74) is 7.01. The Bertz CT molecular complexity index is 1880. The second kappa shape index (κ2) is 9.63. The SMILES string of the molecule is Cc1nn(-c2ccccc2)c2nc(-c3ccccc3)c3c(c12)C(c1ccc(Cl)cc1)N(c1ccc(Cl)cc1)C3=O. The molecule has 0 fully saturated rings. The molecule has 0 bridgehead atoms. The number of anilines is 1. The molecule has 0 saturated carbocycles. The number of aromatic nitrogens is 3. The maximum atomic E-state index is 14.6. The van der Waals surface area contributed by atoms with Gasteiger partial charge in [-0.25, -0.2) is 9.67 Å². The predicted octanol–water partition coefficient (Wildman–Crippen LogP) is 8.45. The first kappa shape index (κ1) is 24.6. The van der Waals surface area contributed by atoms with Gasteiger partial charge in [0.1, 0.15) is 0 Å². The predicted molar refractivity (Wildman–Crippen MR) is 161 cm³/mol. The van der Waals surface area contributed by atoms with Crippen molar-refractivity contribution in [2.75, 3.05) is 4.90 Å². The maximum Gasteiger partial charge on any atom is 0.261 e. The lowest BCUT2D eigenvalue weighted by atomic mass is 9.92. The Morgan fingerprint density at radius 2 is 1.32 bits per heavy atom. The maximum absolute atomic E-state index is 14.6. The van der Waals surface area contributed by atoms with Crippen LogP contribution in [0.15, 0.2) is 109 Å². The molecule has 0 N–H and O–H groups in total. The Morgan fingerprint density at radius 1 is 0.725 bits per heavy atom. The number of hydrogen-bond acceptors (Lipinski definition) is 3. The minimum absolute atomic E-state index is 0.127. The van der Waals surface area contributed by atoms with Crippen LogP contribution in [0.3, 0.4) is 0 Å². The number of fused-ring (bicyclic) bond motifs is 3. The molecule has 0 radical (unpaired) electrons.